The Morgan fingerprint density at radius 2 is 2.00 bits per heavy atom. The number of thioether (sulfide) groups is 1. The van der Waals surface area contributed by atoms with Gasteiger partial charge in [-0.15, -0.1) is 10.2 Å². The molecule has 21 heavy (non-hydrogen) atoms. The smallest absolute Gasteiger partial charge is 0.316 e. The SMILES string of the molecule is COc1ccc(-c2nnc(S[C@@H](C)C(=O)O)o2)cc1OC. The summed E-state index contributed by atoms with van der Waals surface area (Å²) in [6.07, 6.45) is 0. The first-order valence-electron chi connectivity index (χ1n) is 6.00. The van der Waals surface area contributed by atoms with Crippen molar-refractivity contribution in [3.8, 4) is 23.0 Å². The fraction of sp³-hybridized carbons (Fsp3) is 0.308. The molecule has 0 aliphatic carbocycles. The highest BCUT2D eigenvalue weighted by Gasteiger charge is 2.18. The molecule has 8 heteroatoms. The average Bonchev–Trinajstić information content (AvgIpc) is 2.94. The Labute approximate surface area is 125 Å². The topological polar surface area (TPSA) is 94.7 Å². The fourth-order valence-electron chi connectivity index (χ4n) is 1.54. The molecule has 0 unspecified atom stereocenters. The van der Waals surface area contributed by atoms with E-state index >= 15 is 0 Å². The molecular formula is C13H14N2O5S. The van der Waals surface area contributed by atoms with Gasteiger partial charge in [0.05, 0.1) is 14.2 Å². The van der Waals surface area contributed by atoms with Crippen LogP contribution in [0.4, 0.5) is 0 Å². The van der Waals surface area contributed by atoms with Gasteiger partial charge in [0.25, 0.3) is 5.22 Å². The summed E-state index contributed by atoms with van der Waals surface area (Å²) in [5.74, 6) is 0.484. The zero-order valence-corrected chi connectivity index (χ0v) is 12.5. The molecule has 0 aliphatic heterocycles. The van der Waals surface area contributed by atoms with Gasteiger partial charge >= 0.3 is 5.97 Å². The monoisotopic (exact) mass is 310 g/mol. The minimum atomic E-state index is -0.939. The van der Waals surface area contributed by atoms with E-state index in [4.69, 9.17) is 19.0 Å². The molecule has 1 N–H and O–H groups in total. The lowest BCUT2D eigenvalue weighted by atomic mass is 10.2. The summed E-state index contributed by atoms with van der Waals surface area (Å²) in [6.45, 7) is 1.55. The molecule has 1 aromatic heterocycles. The van der Waals surface area contributed by atoms with Crippen LogP contribution in [0, 0.1) is 0 Å². The molecule has 0 radical (unpaired) electrons. The minimum Gasteiger partial charge on any atom is -0.493 e. The number of hydrogen-bond donors (Lipinski definition) is 1. The van der Waals surface area contributed by atoms with Gasteiger partial charge in [-0.2, -0.15) is 0 Å². The van der Waals surface area contributed by atoms with Crippen molar-refractivity contribution in [1.29, 1.82) is 0 Å². The van der Waals surface area contributed by atoms with Gasteiger partial charge in [0.2, 0.25) is 5.89 Å². The van der Waals surface area contributed by atoms with Crippen LogP contribution in [0.2, 0.25) is 0 Å². The number of aliphatic carboxylic acids is 1. The number of benzene rings is 1. The summed E-state index contributed by atoms with van der Waals surface area (Å²) in [5, 5.41) is 16.1. The molecule has 0 spiro atoms. The molecule has 1 atom stereocenters. The van der Waals surface area contributed by atoms with Crippen molar-refractivity contribution in [1.82, 2.24) is 10.2 Å². The Morgan fingerprint density at radius 1 is 1.29 bits per heavy atom. The summed E-state index contributed by atoms with van der Waals surface area (Å²) in [6, 6.07) is 5.19. The molecular weight excluding hydrogens is 296 g/mol. The Morgan fingerprint density at radius 3 is 2.62 bits per heavy atom. The molecule has 2 aromatic rings. The third kappa shape index (κ3) is 3.46. The number of ether oxygens (including phenoxy) is 2. The van der Waals surface area contributed by atoms with Crippen molar-refractivity contribution in [3.63, 3.8) is 0 Å². The van der Waals surface area contributed by atoms with Gasteiger partial charge in [0.15, 0.2) is 11.5 Å². The van der Waals surface area contributed by atoms with E-state index in [0.29, 0.717) is 17.1 Å². The van der Waals surface area contributed by atoms with Gasteiger partial charge < -0.3 is 19.0 Å². The second kappa shape index (κ2) is 6.49. The van der Waals surface area contributed by atoms with Crippen LogP contribution in [0.3, 0.4) is 0 Å². The number of hydrogen-bond acceptors (Lipinski definition) is 7. The molecule has 2 rings (SSSR count). The van der Waals surface area contributed by atoms with Crippen molar-refractivity contribution in [2.45, 2.75) is 17.4 Å². The predicted molar refractivity (Wildman–Crippen MR) is 75.8 cm³/mol. The maximum absolute atomic E-state index is 10.8. The number of carboxylic acids is 1. The zero-order valence-electron chi connectivity index (χ0n) is 11.7. The Balaban J connectivity index is 2.23. The molecule has 0 bridgehead atoms. The van der Waals surface area contributed by atoms with Crippen LogP contribution in [0.15, 0.2) is 27.8 Å². The van der Waals surface area contributed by atoms with Gasteiger partial charge in [-0.1, -0.05) is 11.8 Å². The van der Waals surface area contributed by atoms with Crippen molar-refractivity contribution >= 4 is 17.7 Å². The van der Waals surface area contributed by atoms with Crippen LogP contribution in [-0.2, 0) is 4.79 Å². The molecule has 0 saturated heterocycles. The van der Waals surface area contributed by atoms with Crippen LogP contribution >= 0.6 is 11.8 Å². The largest absolute Gasteiger partial charge is 0.493 e. The van der Waals surface area contributed by atoms with Crippen LogP contribution in [0.1, 0.15) is 6.92 Å². The van der Waals surface area contributed by atoms with Crippen LogP contribution < -0.4 is 9.47 Å². The van der Waals surface area contributed by atoms with E-state index in [9.17, 15) is 4.79 Å². The number of carboxylic acid groups (broad SMARTS) is 1. The number of aromatic nitrogens is 2. The third-order valence-corrected chi connectivity index (χ3v) is 3.58. The molecule has 0 fully saturated rings. The highest BCUT2D eigenvalue weighted by atomic mass is 32.2. The van der Waals surface area contributed by atoms with Gasteiger partial charge in [-0.3, -0.25) is 4.79 Å². The minimum absolute atomic E-state index is 0.203. The third-order valence-electron chi connectivity index (χ3n) is 2.66. The standard InChI is InChI=1S/C13H14N2O5S/c1-7(12(16)17)21-13-15-14-11(20-13)8-4-5-9(18-2)10(6-8)19-3/h4-7H,1-3H3,(H,16,17)/t7-/m0/s1. The maximum atomic E-state index is 10.8. The predicted octanol–water partition coefficient (Wildman–Crippen LogP) is 2.32. The zero-order chi connectivity index (χ0) is 15.4. The molecule has 0 saturated carbocycles. The second-order valence-corrected chi connectivity index (χ2v) is 5.33. The summed E-state index contributed by atoms with van der Waals surface area (Å²) in [4.78, 5) is 10.8. The van der Waals surface area contributed by atoms with Crippen molar-refractivity contribution in [3.05, 3.63) is 18.2 Å². The molecule has 1 aromatic carbocycles. The van der Waals surface area contributed by atoms with Gasteiger partial charge in [0.1, 0.15) is 5.25 Å². The highest BCUT2D eigenvalue weighted by Crippen LogP contribution is 2.33. The van der Waals surface area contributed by atoms with E-state index in [1.165, 1.54) is 7.11 Å². The molecule has 1 heterocycles. The van der Waals surface area contributed by atoms with E-state index in [1.54, 1.807) is 32.2 Å². The number of nitrogens with zero attached hydrogens (tertiary/aromatic N) is 2. The van der Waals surface area contributed by atoms with E-state index < -0.39 is 11.2 Å². The average molecular weight is 310 g/mol. The van der Waals surface area contributed by atoms with Crippen molar-refractivity contribution < 1.29 is 23.8 Å². The normalized spacial score (nSPS) is 12.0. The van der Waals surface area contributed by atoms with Gasteiger partial charge in [0, 0.05) is 5.56 Å². The van der Waals surface area contributed by atoms with Gasteiger partial charge in [-0.05, 0) is 25.1 Å². The van der Waals surface area contributed by atoms with Crippen molar-refractivity contribution in [2.24, 2.45) is 0 Å². The summed E-state index contributed by atoms with van der Waals surface area (Å²) in [7, 11) is 3.08. The van der Waals surface area contributed by atoms with E-state index in [0.717, 1.165) is 11.8 Å². The molecule has 0 amide bonds. The maximum Gasteiger partial charge on any atom is 0.316 e. The Hall–Kier alpha value is -2.22. The van der Waals surface area contributed by atoms with Crippen LogP contribution in [-0.4, -0.2) is 40.7 Å². The van der Waals surface area contributed by atoms with Crippen LogP contribution in [0.25, 0.3) is 11.5 Å². The highest BCUT2D eigenvalue weighted by molar-refractivity contribution is 8.00. The Kier molecular flexibility index (Phi) is 4.69. The first kappa shape index (κ1) is 15.2. The lowest BCUT2D eigenvalue weighted by Gasteiger charge is -2.07. The number of methoxy groups -OCH3 is 2. The lowest BCUT2D eigenvalue weighted by Crippen LogP contribution is -2.10. The van der Waals surface area contributed by atoms with E-state index in [1.807, 2.05) is 0 Å². The quantitative estimate of drug-likeness (QED) is 0.812. The Bertz CT molecular complexity index is 643. The molecule has 112 valence electrons. The van der Waals surface area contributed by atoms with Crippen LogP contribution in [0.5, 0.6) is 11.5 Å². The summed E-state index contributed by atoms with van der Waals surface area (Å²) < 4.78 is 15.8. The van der Waals surface area contributed by atoms with Gasteiger partial charge in [-0.25, -0.2) is 0 Å². The van der Waals surface area contributed by atoms with E-state index in [2.05, 4.69) is 10.2 Å². The van der Waals surface area contributed by atoms with Crippen molar-refractivity contribution in [2.75, 3.05) is 14.2 Å². The lowest BCUT2D eigenvalue weighted by molar-refractivity contribution is -0.136. The summed E-state index contributed by atoms with van der Waals surface area (Å²) >= 11 is 0.989. The number of carbonyl (C=O) groups is 1. The number of rotatable bonds is 6. The molecule has 7 nitrogen and oxygen atoms in total. The summed E-state index contributed by atoms with van der Waals surface area (Å²) in [5.41, 5.74) is 0.662. The first-order valence-corrected chi connectivity index (χ1v) is 6.88. The molecule has 0 aliphatic rings. The first-order chi connectivity index (χ1) is 10.0. The second-order valence-electron chi connectivity index (χ2n) is 4.04. The van der Waals surface area contributed by atoms with E-state index in [-0.39, 0.29) is 11.1 Å². The fourth-order valence-corrected chi connectivity index (χ4v) is 2.16.